The normalized spacial score (nSPS) is 10.2. The van der Waals surface area contributed by atoms with Crippen molar-refractivity contribution in [3.8, 4) is 17.4 Å². The summed E-state index contributed by atoms with van der Waals surface area (Å²) in [4.78, 5) is 4.19. The third-order valence-electron chi connectivity index (χ3n) is 2.38. The highest BCUT2D eigenvalue weighted by Gasteiger charge is 2.02. The van der Waals surface area contributed by atoms with Gasteiger partial charge in [-0.1, -0.05) is 0 Å². The maximum absolute atomic E-state index is 5.66. The molecule has 1 aromatic carbocycles. The Morgan fingerprint density at radius 3 is 2.44 bits per heavy atom. The molecule has 0 unspecified atom stereocenters. The molecule has 2 aromatic rings. The van der Waals surface area contributed by atoms with Gasteiger partial charge in [0.25, 0.3) is 0 Å². The third kappa shape index (κ3) is 3.23. The number of ether oxygens (including phenoxy) is 2. The Morgan fingerprint density at radius 1 is 1.17 bits per heavy atom. The van der Waals surface area contributed by atoms with Crippen LogP contribution in [0.3, 0.4) is 0 Å². The molecule has 2 rings (SSSR count). The molecule has 94 valence electrons. The van der Waals surface area contributed by atoms with Crippen molar-refractivity contribution in [1.29, 1.82) is 0 Å². The van der Waals surface area contributed by atoms with Crippen LogP contribution in [0.2, 0.25) is 0 Å². The van der Waals surface area contributed by atoms with E-state index in [1.807, 2.05) is 44.2 Å². The Labute approximate surface area is 115 Å². The molecule has 1 heterocycles. The fourth-order valence-electron chi connectivity index (χ4n) is 1.46. The molecule has 0 radical (unpaired) electrons. The number of halogens is 1. The van der Waals surface area contributed by atoms with Crippen molar-refractivity contribution in [2.24, 2.45) is 0 Å². The van der Waals surface area contributed by atoms with Crippen LogP contribution in [0.4, 0.5) is 0 Å². The van der Waals surface area contributed by atoms with Gasteiger partial charge in [-0.3, -0.25) is 0 Å². The van der Waals surface area contributed by atoms with Gasteiger partial charge >= 0.3 is 0 Å². The topological polar surface area (TPSA) is 31.4 Å². The predicted molar refractivity (Wildman–Crippen MR) is 74.4 cm³/mol. The van der Waals surface area contributed by atoms with Crippen molar-refractivity contribution < 1.29 is 9.47 Å². The lowest BCUT2D eigenvalue weighted by Gasteiger charge is -2.07. The fourth-order valence-corrected chi connectivity index (χ4v) is 1.68. The maximum atomic E-state index is 5.66. The van der Waals surface area contributed by atoms with Crippen LogP contribution in [0, 0.1) is 6.92 Å². The van der Waals surface area contributed by atoms with Gasteiger partial charge in [0.15, 0.2) is 0 Å². The lowest BCUT2D eigenvalue weighted by molar-refractivity contribution is 0.339. The minimum Gasteiger partial charge on any atom is -0.494 e. The Morgan fingerprint density at radius 2 is 1.83 bits per heavy atom. The number of pyridine rings is 1. The summed E-state index contributed by atoms with van der Waals surface area (Å²) in [6.45, 7) is 4.61. The third-order valence-corrected chi connectivity index (χ3v) is 3.21. The lowest BCUT2D eigenvalue weighted by Crippen LogP contribution is -1.92. The SMILES string of the molecule is CCOc1ccc(Oc2cc(C)c(Br)cn2)cc1. The van der Waals surface area contributed by atoms with Crippen molar-refractivity contribution >= 4 is 15.9 Å². The largest absolute Gasteiger partial charge is 0.494 e. The van der Waals surface area contributed by atoms with Crippen molar-refractivity contribution in [1.82, 2.24) is 4.98 Å². The first-order valence-electron chi connectivity index (χ1n) is 5.72. The van der Waals surface area contributed by atoms with Crippen LogP contribution in [0.1, 0.15) is 12.5 Å². The predicted octanol–water partition coefficient (Wildman–Crippen LogP) is 4.34. The summed E-state index contributed by atoms with van der Waals surface area (Å²) < 4.78 is 12.0. The number of nitrogens with zero attached hydrogens (tertiary/aromatic N) is 1. The van der Waals surface area contributed by atoms with Crippen molar-refractivity contribution in [3.63, 3.8) is 0 Å². The first kappa shape index (κ1) is 12.9. The van der Waals surface area contributed by atoms with Gasteiger partial charge in [-0.2, -0.15) is 0 Å². The van der Waals surface area contributed by atoms with Gasteiger partial charge < -0.3 is 9.47 Å². The molecule has 0 saturated heterocycles. The molecule has 18 heavy (non-hydrogen) atoms. The number of aryl methyl sites for hydroxylation is 1. The van der Waals surface area contributed by atoms with Gasteiger partial charge in [-0.05, 0) is 59.6 Å². The van der Waals surface area contributed by atoms with E-state index < -0.39 is 0 Å². The molecule has 0 aliphatic carbocycles. The second-order valence-electron chi connectivity index (χ2n) is 3.78. The molecule has 0 bridgehead atoms. The van der Waals surface area contributed by atoms with Crippen LogP contribution in [-0.4, -0.2) is 11.6 Å². The smallest absolute Gasteiger partial charge is 0.219 e. The van der Waals surface area contributed by atoms with Gasteiger partial charge in [0.1, 0.15) is 11.5 Å². The maximum Gasteiger partial charge on any atom is 0.219 e. The van der Waals surface area contributed by atoms with Crippen LogP contribution in [0.5, 0.6) is 17.4 Å². The highest BCUT2D eigenvalue weighted by Crippen LogP contribution is 2.25. The molecular weight excluding hydrogens is 294 g/mol. The van der Waals surface area contributed by atoms with Gasteiger partial charge in [-0.15, -0.1) is 0 Å². The van der Waals surface area contributed by atoms with Crippen LogP contribution in [0.25, 0.3) is 0 Å². The molecule has 0 amide bonds. The standard InChI is InChI=1S/C14H14BrNO2/c1-3-17-11-4-6-12(7-5-11)18-14-8-10(2)13(15)9-16-14/h4-9H,3H2,1-2H3. The number of hydrogen-bond acceptors (Lipinski definition) is 3. The van der Waals surface area contributed by atoms with E-state index >= 15 is 0 Å². The molecule has 0 spiro atoms. The Balaban J connectivity index is 2.10. The zero-order chi connectivity index (χ0) is 13.0. The quantitative estimate of drug-likeness (QED) is 0.842. The molecule has 0 aliphatic rings. The van der Waals surface area contributed by atoms with Crippen molar-refractivity contribution in [2.75, 3.05) is 6.61 Å². The zero-order valence-electron chi connectivity index (χ0n) is 10.3. The summed E-state index contributed by atoms with van der Waals surface area (Å²) in [5, 5.41) is 0. The Hall–Kier alpha value is -1.55. The molecule has 0 fully saturated rings. The molecule has 1 aromatic heterocycles. The van der Waals surface area contributed by atoms with E-state index in [0.29, 0.717) is 12.5 Å². The van der Waals surface area contributed by atoms with E-state index in [9.17, 15) is 0 Å². The Kier molecular flexibility index (Phi) is 4.20. The molecule has 4 heteroatoms. The van der Waals surface area contributed by atoms with Crippen LogP contribution < -0.4 is 9.47 Å². The second-order valence-corrected chi connectivity index (χ2v) is 4.63. The van der Waals surface area contributed by atoms with E-state index in [1.165, 1.54) is 0 Å². The monoisotopic (exact) mass is 307 g/mol. The Bertz CT molecular complexity index is 526. The number of aromatic nitrogens is 1. The molecule has 3 nitrogen and oxygen atoms in total. The summed E-state index contributed by atoms with van der Waals surface area (Å²) in [5.41, 5.74) is 1.09. The van der Waals surface area contributed by atoms with Gasteiger partial charge in [0, 0.05) is 16.7 Å². The first-order chi connectivity index (χ1) is 8.69. The van der Waals surface area contributed by atoms with Gasteiger partial charge in [-0.25, -0.2) is 4.98 Å². The van der Waals surface area contributed by atoms with Gasteiger partial charge in [0.05, 0.1) is 6.61 Å². The van der Waals surface area contributed by atoms with Crippen LogP contribution in [0.15, 0.2) is 41.0 Å². The molecule has 0 atom stereocenters. The number of rotatable bonds is 4. The summed E-state index contributed by atoms with van der Waals surface area (Å²) in [7, 11) is 0. The average Bonchev–Trinajstić information content (AvgIpc) is 2.37. The first-order valence-corrected chi connectivity index (χ1v) is 6.51. The highest BCUT2D eigenvalue weighted by molar-refractivity contribution is 9.10. The van der Waals surface area contributed by atoms with Crippen LogP contribution >= 0.6 is 15.9 Å². The second kappa shape index (κ2) is 5.87. The van der Waals surface area contributed by atoms with Crippen LogP contribution in [-0.2, 0) is 0 Å². The summed E-state index contributed by atoms with van der Waals surface area (Å²) >= 11 is 3.41. The molecule has 0 saturated carbocycles. The summed E-state index contributed by atoms with van der Waals surface area (Å²) in [6, 6.07) is 9.38. The van der Waals surface area contributed by atoms with Crippen molar-refractivity contribution in [2.45, 2.75) is 13.8 Å². The average molecular weight is 308 g/mol. The minimum absolute atomic E-state index is 0.583. The molecule has 0 aliphatic heterocycles. The van der Waals surface area contributed by atoms with Gasteiger partial charge in [0.2, 0.25) is 5.88 Å². The zero-order valence-corrected chi connectivity index (χ0v) is 11.9. The molecular formula is C14H14BrNO2. The number of benzene rings is 1. The minimum atomic E-state index is 0.583. The van der Waals surface area contributed by atoms with E-state index in [1.54, 1.807) is 6.20 Å². The number of hydrogen-bond donors (Lipinski definition) is 0. The fraction of sp³-hybridized carbons (Fsp3) is 0.214. The van der Waals surface area contributed by atoms with E-state index in [4.69, 9.17) is 9.47 Å². The van der Waals surface area contributed by atoms with E-state index in [2.05, 4.69) is 20.9 Å². The summed E-state index contributed by atoms with van der Waals surface area (Å²) in [6.07, 6.45) is 1.74. The lowest BCUT2D eigenvalue weighted by atomic mass is 10.3. The molecule has 0 N–H and O–H groups in total. The highest BCUT2D eigenvalue weighted by atomic mass is 79.9. The summed E-state index contributed by atoms with van der Waals surface area (Å²) in [5.74, 6) is 2.16. The van der Waals surface area contributed by atoms with E-state index in [0.717, 1.165) is 21.5 Å². The van der Waals surface area contributed by atoms with Crippen molar-refractivity contribution in [3.05, 3.63) is 46.6 Å². The van der Waals surface area contributed by atoms with E-state index in [-0.39, 0.29) is 0 Å².